The van der Waals surface area contributed by atoms with Gasteiger partial charge in [0.25, 0.3) is 0 Å². The molecule has 2 atom stereocenters. The lowest BCUT2D eigenvalue weighted by Gasteiger charge is -2.21. The molecule has 0 radical (unpaired) electrons. The molecule has 0 aromatic rings. The molecule has 7 heteroatoms. The third-order valence-corrected chi connectivity index (χ3v) is 3.16. The predicted octanol–water partition coefficient (Wildman–Crippen LogP) is 0.803. The van der Waals surface area contributed by atoms with Gasteiger partial charge in [-0.3, -0.25) is 9.59 Å². The molecular weight excluding hydrogens is 290 g/mol. The van der Waals surface area contributed by atoms with Crippen LogP contribution in [0.25, 0.3) is 0 Å². The van der Waals surface area contributed by atoms with Gasteiger partial charge in [-0.1, -0.05) is 0 Å². The Labute approximate surface area is 130 Å². The van der Waals surface area contributed by atoms with Gasteiger partial charge in [0, 0.05) is 13.0 Å². The topological polar surface area (TPSA) is 90.9 Å². The monoisotopic (exact) mass is 315 g/mol. The van der Waals surface area contributed by atoms with Crippen molar-refractivity contribution in [3.63, 3.8) is 0 Å². The van der Waals surface area contributed by atoms with E-state index in [2.05, 4.69) is 10.1 Å². The zero-order valence-corrected chi connectivity index (χ0v) is 13.6. The van der Waals surface area contributed by atoms with Crippen molar-refractivity contribution in [1.29, 1.82) is 0 Å². The highest BCUT2D eigenvalue weighted by Gasteiger charge is 2.29. The van der Waals surface area contributed by atoms with E-state index in [1.807, 2.05) is 0 Å². The second kappa shape index (κ2) is 8.12. The minimum atomic E-state index is -0.856. The van der Waals surface area contributed by atoms with Gasteiger partial charge in [-0.2, -0.15) is 0 Å². The van der Waals surface area contributed by atoms with Crippen molar-refractivity contribution in [1.82, 2.24) is 5.32 Å². The highest BCUT2D eigenvalue weighted by Crippen LogP contribution is 2.14. The van der Waals surface area contributed by atoms with Gasteiger partial charge in [0.15, 0.2) is 0 Å². The van der Waals surface area contributed by atoms with Crippen LogP contribution in [0.1, 0.15) is 40.0 Å². The molecule has 7 nitrogen and oxygen atoms in total. The highest BCUT2D eigenvalue weighted by molar-refractivity contribution is 5.86. The fraction of sp³-hybridized carbons (Fsp3) is 0.800. The molecule has 0 aromatic heterocycles. The molecule has 0 saturated carbocycles. The Morgan fingerprint density at radius 2 is 2.00 bits per heavy atom. The van der Waals surface area contributed by atoms with E-state index in [9.17, 15) is 14.4 Å². The van der Waals surface area contributed by atoms with Gasteiger partial charge in [-0.15, -0.1) is 0 Å². The summed E-state index contributed by atoms with van der Waals surface area (Å²) >= 11 is 0. The number of amides is 1. The molecule has 0 unspecified atom stereocenters. The lowest BCUT2D eigenvalue weighted by Crippen LogP contribution is -2.44. The molecule has 1 rings (SSSR count). The highest BCUT2D eigenvalue weighted by atomic mass is 16.6. The summed E-state index contributed by atoms with van der Waals surface area (Å²) in [5.74, 6) is -1.50. The molecule has 0 aromatic carbocycles. The minimum Gasteiger partial charge on any atom is -0.467 e. The van der Waals surface area contributed by atoms with Crippen LogP contribution in [0.2, 0.25) is 0 Å². The van der Waals surface area contributed by atoms with Gasteiger partial charge >= 0.3 is 11.9 Å². The van der Waals surface area contributed by atoms with Crippen molar-refractivity contribution in [2.45, 2.75) is 51.7 Å². The fourth-order valence-corrected chi connectivity index (χ4v) is 2.08. The minimum absolute atomic E-state index is 0.0263. The second-order valence-electron chi connectivity index (χ2n) is 6.27. The first-order chi connectivity index (χ1) is 10.2. The summed E-state index contributed by atoms with van der Waals surface area (Å²) in [6, 6.07) is -0.856. The standard InChI is InChI=1S/C15H25NO6/c1-15(2,3)22-12(17)6-5-11(14(19)20-4)16-13(18)10-7-8-21-9-10/h10-11H,5-9H2,1-4H3,(H,16,18)/t10-,11+/m1/s1. The molecule has 22 heavy (non-hydrogen) atoms. The number of methoxy groups -OCH3 is 1. The van der Waals surface area contributed by atoms with Crippen LogP contribution in [0.4, 0.5) is 0 Å². The molecule has 1 aliphatic heterocycles. The van der Waals surface area contributed by atoms with E-state index < -0.39 is 23.6 Å². The molecule has 126 valence electrons. The van der Waals surface area contributed by atoms with Gasteiger partial charge < -0.3 is 19.5 Å². The first-order valence-corrected chi connectivity index (χ1v) is 7.40. The van der Waals surface area contributed by atoms with E-state index >= 15 is 0 Å². The van der Waals surface area contributed by atoms with Crippen molar-refractivity contribution >= 4 is 17.8 Å². The Kier molecular flexibility index (Phi) is 6.80. The third kappa shape index (κ3) is 6.43. The second-order valence-corrected chi connectivity index (χ2v) is 6.27. The van der Waals surface area contributed by atoms with Crippen LogP contribution in [0.3, 0.4) is 0 Å². The Balaban J connectivity index is 2.52. The van der Waals surface area contributed by atoms with E-state index in [0.717, 1.165) is 0 Å². The van der Waals surface area contributed by atoms with Gasteiger partial charge in [0.1, 0.15) is 11.6 Å². The molecule has 1 N–H and O–H groups in total. The summed E-state index contributed by atoms with van der Waals surface area (Å²) in [5.41, 5.74) is -0.581. The summed E-state index contributed by atoms with van der Waals surface area (Å²) in [4.78, 5) is 35.5. The molecule has 0 bridgehead atoms. The Morgan fingerprint density at radius 1 is 1.32 bits per heavy atom. The molecule has 0 spiro atoms. The van der Waals surface area contributed by atoms with Crippen LogP contribution < -0.4 is 5.32 Å². The number of carbonyl (C=O) groups is 3. The first-order valence-electron chi connectivity index (χ1n) is 7.40. The summed E-state index contributed by atoms with van der Waals surface area (Å²) in [6.07, 6.45) is 0.797. The number of hydrogen-bond donors (Lipinski definition) is 1. The number of esters is 2. The number of hydrogen-bond acceptors (Lipinski definition) is 6. The molecular formula is C15H25NO6. The van der Waals surface area contributed by atoms with Crippen molar-refractivity contribution in [2.24, 2.45) is 5.92 Å². The van der Waals surface area contributed by atoms with Crippen molar-refractivity contribution in [2.75, 3.05) is 20.3 Å². The smallest absolute Gasteiger partial charge is 0.328 e. The average molecular weight is 315 g/mol. The summed E-state index contributed by atoms with van der Waals surface area (Å²) < 4.78 is 15.0. The van der Waals surface area contributed by atoms with Crippen LogP contribution in [0.5, 0.6) is 0 Å². The van der Waals surface area contributed by atoms with Gasteiger partial charge in [0.05, 0.1) is 19.6 Å². The lowest BCUT2D eigenvalue weighted by atomic mass is 10.1. The molecule has 0 aliphatic carbocycles. The maximum absolute atomic E-state index is 12.0. The third-order valence-electron chi connectivity index (χ3n) is 3.16. The lowest BCUT2D eigenvalue weighted by molar-refractivity contribution is -0.155. The van der Waals surface area contributed by atoms with E-state index in [1.165, 1.54) is 7.11 Å². The van der Waals surface area contributed by atoms with Crippen molar-refractivity contribution < 1.29 is 28.6 Å². The summed E-state index contributed by atoms with van der Waals surface area (Å²) in [6.45, 7) is 6.20. The summed E-state index contributed by atoms with van der Waals surface area (Å²) in [5, 5.41) is 2.63. The van der Waals surface area contributed by atoms with Crippen LogP contribution in [-0.2, 0) is 28.6 Å². The van der Waals surface area contributed by atoms with Crippen LogP contribution in [0.15, 0.2) is 0 Å². The maximum Gasteiger partial charge on any atom is 0.328 e. The number of rotatable bonds is 6. The Hall–Kier alpha value is -1.63. The van der Waals surface area contributed by atoms with E-state index in [-0.39, 0.29) is 24.7 Å². The Bertz CT molecular complexity index is 409. The SMILES string of the molecule is COC(=O)[C@H](CCC(=O)OC(C)(C)C)NC(=O)[C@@H]1CCOC1. The number of carbonyl (C=O) groups excluding carboxylic acids is 3. The van der Waals surface area contributed by atoms with Gasteiger partial charge in [-0.25, -0.2) is 4.79 Å². The van der Waals surface area contributed by atoms with Crippen LogP contribution >= 0.6 is 0 Å². The van der Waals surface area contributed by atoms with Crippen molar-refractivity contribution in [3.8, 4) is 0 Å². The molecule has 1 saturated heterocycles. The van der Waals surface area contributed by atoms with Gasteiger partial charge in [-0.05, 0) is 33.6 Å². The largest absolute Gasteiger partial charge is 0.467 e. The normalized spacial score (nSPS) is 19.4. The average Bonchev–Trinajstić information content (AvgIpc) is 2.94. The zero-order chi connectivity index (χ0) is 16.8. The van der Waals surface area contributed by atoms with Gasteiger partial charge in [0.2, 0.25) is 5.91 Å². The van der Waals surface area contributed by atoms with E-state index in [0.29, 0.717) is 19.6 Å². The van der Waals surface area contributed by atoms with E-state index in [4.69, 9.17) is 9.47 Å². The Morgan fingerprint density at radius 3 is 2.50 bits per heavy atom. The molecule has 1 fully saturated rings. The number of nitrogens with one attached hydrogen (secondary N) is 1. The van der Waals surface area contributed by atoms with Crippen LogP contribution in [-0.4, -0.2) is 49.8 Å². The summed E-state index contributed by atoms with van der Waals surface area (Å²) in [7, 11) is 1.24. The van der Waals surface area contributed by atoms with E-state index in [1.54, 1.807) is 20.8 Å². The predicted molar refractivity (Wildman–Crippen MR) is 78.0 cm³/mol. The first kappa shape index (κ1) is 18.4. The van der Waals surface area contributed by atoms with Crippen molar-refractivity contribution in [3.05, 3.63) is 0 Å². The molecule has 1 heterocycles. The quantitative estimate of drug-likeness (QED) is 0.729. The molecule has 1 aliphatic rings. The van der Waals surface area contributed by atoms with Crippen LogP contribution in [0, 0.1) is 5.92 Å². The number of ether oxygens (including phenoxy) is 3. The maximum atomic E-state index is 12.0. The molecule has 1 amide bonds. The fourth-order valence-electron chi connectivity index (χ4n) is 2.08. The zero-order valence-electron chi connectivity index (χ0n) is 13.6.